The standard InChI is InChI=1S/C23H33N3OS2/c1-17-16-19(28-4)20(21(25-17)29-5)26-22(27)24-15-11-7-10-14-23(2,3)18-12-8-6-9-13-18/h6,8-9,12-13,16H,7,10-11,14-15H2,1-5H3,(H2,24,26,27). The van der Waals surface area contributed by atoms with Gasteiger partial charge in [-0.15, -0.1) is 23.5 Å². The molecule has 2 amide bonds. The number of nitrogens with zero attached hydrogens (tertiary/aromatic N) is 1. The Bertz CT molecular complexity index is 769. The summed E-state index contributed by atoms with van der Waals surface area (Å²) < 4.78 is 0. The highest BCUT2D eigenvalue weighted by atomic mass is 32.2. The van der Waals surface area contributed by atoms with E-state index in [9.17, 15) is 4.79 Å². The quantitative estimate of drug-likeness (QED) is 0.333. The minimum Gasteiger partial charge on any atom is -0.338 e. The van der Waals surface area contributed by atoms with Crippen LogP contribution in [-0.4, -0.2) is 30.1 Å². The second-order valence-corrected chi connectivity index (χ2v) is 9.43. The van der Waals surface area contributed by atoms with Crippen molar-refractivity contribution in [3.63, 3.8) is 0 Å². The van der Waals surface area contributed by atoms with Gasteiger partial charge in [-0.25, -0.2) is 9.78 Å². The third-order valence-electron chi connectivity index (χ3n) is 5.05. The lowest BCUT2D eigenvalue weighted by Crippen LogP contribution is -2.30. The second kappa shape index (κ2) is 11.5. The highest BCUT2D eigenvalue weighted by molar-refractivity contribution is 7.99. The first-order chi connectivity index (χ1) is 13.9. The third kappa shape index (κ3) is 7.27. The van der Waals surface area contributed by atoms with Crippen LogP contribution in [0.2, 0.25) is 0 Å². The van der Waals surface area contributed by atoms with E-state index < -0.39 is 0 Å². The molecule has 1 heterocycles. The number of hydrogen-bond acceptors (Lipinski definition) is 4. The molecule has 0 aliphatic heterocycles. The molecule has 0 saturated carbocycles. The van der Waals surface area contributed by atoms with Gasteiger partial charge in [-0.2, -0.15) is 0 Å². The van der Waals surface area contributed by atoms with Crippen molar-refractivity contribution in [2.75, 3.05) is 24.4 Å². The Morgan fingerprint density at radius 2 is 1.79 bits per heavy atom. The fraction of sp³-hybridized carbons (Fsp3) is 0.478. The molecule has 0 atom stereocenters. The average molecular weight is 432 g/mol. The molecule has 29 heavy (non-hydrogen) atoms. The van der Waals surface area contributed by atoms with Crippen molar-refractivity contribution in [1.29, 1.82) is 0 Å². The molecule has 0 spiro atoms. The van der Waals surface area contributed by atoms with Crippen LogP contribution >= 0.6 is 23.5 Å². The van der Waals surface area contributed by atoms with E-state index in [2.05, 4.69) is 59.8 Å². The van der Waals surface area contributed by atoms with Gasteiger partial charge in [0.15, 0.2) is 0 Å². The van der Waals surface area contributed by atoms with Gasteiger partial charge in [0.2, 0.25) is 0 Å². The van der Waals surface area contributed by atoms with E-state index in [0.717, 1.165) is 47.0 Å². The summed E-state index contributed by atoms with van der Waals surface area (Å²) in [5, 5.41) is 6.83. The third-order valence-corrected chi connectivity index (χ3v) is 6.49. The smallest absolute Gasteiger partial charge is 0.319 e. The van der Waals surface area contributed by atoms with E-state index in [1.54, 1.807) is 23.5 Å². The van der Waals surface area contributed by atoms with Gasteiger partial charge in [0.05, 0.1) is 5.69 Å². The number of carbonyl (C=O) groups excluding carboxylic acids is 1. The summed E-state index contributed by atoms with van der Waals surface area (Å²) >= 11 is 3.17. The topological polar surface area (TPSA) is 54.0 Å². The Balaban J connectivity index is 1.74. The lowest BCUT2D eigenvalue weighted by Gasteiger charge is -2.25. The molecule has 4 nitrogen and oxygen atoms in total. The Hall–Kier alpha value is -1.66. The molecular weight excluding hydrogens is 398 g/mol. The number of rotatable bonds is 10. The molecular formula is C23H33N3OS2. The molecule has 6 heteroatoms. The molecule has 1 aromatic carbocycles. The number of urea groups is 1. The predicted molar refractivity (Wildman–Crippen MR) is 127 cm³/mol. The van der Waals surface area contributed by atoms with Crippen molar-refractivity contribution in [2.45, 2.75) is 61.8 Å². The van der Waals surface area contributed by atoms with Gasteiger partial charge >= 0.3 is 6.03 Å². The minimum atomic E-state index is -0.161. The molecule has 0 aliphatic rings. The molecule has 2 aromatic rings. The number of thioether (sulfide) groups is 2. The van der Waals surface area contributed by atoms with E-state index in [1.807, 2.05) is 25.5 Å². The van der Waals surface area contributed by atoms with Crippen LogP contribution in [0.3, 0.4) is 0 Å². The zero-order chi connectivity index (χ0) is 21.3. The van der Waals surface area contributed by atoms with Gasteiger partial charge in [-0.3, -0.25) is 0 Å². The zero-order valence-electron chi connectivity index (χ0n) is 18.2. The molecule has 0 unspecified atom stereocenters. The number of anilines is 1. The Labute approximate surface area is 184 Å². The SMILES string of the molecule is CSc1cc(C)nc(SC)c1NC(=O)NCCCCCC(C)(C)c1ccccc1. The number of pyridine rings is 1. The molecule has 0 bridgehead atoms. The summed E-state index contributed by atoms with van der Waals surface area (Å²) in [6.07, 6.45) is 8.38. The van der Waals surface area contributed by atoms with E-state index in [0.29, 0.717) is 6.54 Å². The molecule has 158 valence electrons. The van der Waals surface area contributed by atoms with Crippen LogP contribution in [0.4, 0.5) is 10.5 Å². The van der Waals surface area contributed by atoms with Crippen molar-refractivity contribution in [3.05, 3.63) is 47.7 Å². The zero-order valence-corrected chi connectivity index (χ0v) is 19.8. The summed E-state index contributed by atoms with van der Waals surface area (Å²) in [7, 11) is 0. The second-order valence-electron chi connectivity index (χ2n) is 7.79. The minimum absolute atomic E-state index is 0.161. The molecule has 2 N–H and O–H groups in total. The van der Waals surface area contributed by atoms with Crippen LogP contribution in [0.5, 0.6) is 0 Å². The Morgan fingerprint density at radius 3 is 2.45 bits per heavy atom. The van der Waals surface area contributed by atoms with Gasteiger partial charge in [0.25, 0.3) is 0 Å². The first kappa shape index (κ1) is 23.6. The summed E-state index contributed by atoms with van der Waals surface area (Å²) in [6, 6.07) is 12.5. The fourth-order valence-electron chi connectivity index (χ4n) is 3.30. The van der Waals surface area contributed by atoms with Crippen LogP contribution in [-0.2, 0) is 5.41 Å². The van der Waals surface area contributed by atoms with Crippen LogP contribution in [0.15, 0.2) is 46.3 Å². The number of unbranched alkanes of at least 4 members (excludes halogenated alkanes) is 2. The van der Waals surface area contributed by atoms with Crippen molar-refractivity contribution in [2.24, 2.45) is 0 Å². The highest BCUT2D eigenvalue weighted by Crippen LogP contribution is 2.33. The number of carbonyl (C=O) groups is 1. The van der Waals surface area contributed by atoms with Gasteiger partial charge in [0, 0.05) is 17.1 Å². The lowest BCUT2D eigenvalue weighted by molar-refractivity contribution is 0.251. The van der Waals surface area contributed by atoms with Crippen LogP contribution < -0.4 is 10.6 Å². The maximum absolute atomic E-state index is 12.3. The summed E-state index contributed by atoms with van der Waals surface area (Å²) in [5.74, 6) is 0. The average Bonchev–Trinajstić information content (AvgIpc) is 2.72. The highest BCUT2D eigenvalue weighted by Gasteiger charge is 2.19. The first-order valence-electron chi connectivity index (χ1n) is 10.1. The lowest BCUT2D eigenvalue weighted by atomic mass is 9.80. The van der Waals surface area contributed by atoms with E-state index in [4.69, 9.17) is 0 Å². The van der Waals surface area contributed by atoms with Crippen molar-refractivity contribution < 1.29 is 4.79 Å². The summed E-state index contributed by atoms with van der Waals surface area (Å²) in [5.41, 5.74) is 3.34. The van der Waals surface area contributed by atoms with Crippen LogP contribution in [0, 0.1) is 6.92 Å². The molecule has 0 saturated heterocycles. The molecule has 2 rings (SSSR count). The predicted octanol–water partition coefficient (Wildman–Crippen LogP) is 6.49. The number of nitrogens with one attached hydrogen (secondary N) is 2. The van der Waals surface area contributed by atoms with Gasteiger partial charge in [-0.1, -0.05) is 57.0 Å². The Kier molecular flexibility index (Phi) is 9.37. The van der Waals surface area contributed by atoms with Gasteiger partial charge < -0.3 is 10.6 Å². The van der Waals surface area contributed by atoms with Crippen molar-refractivity contribution in [3.8, 4) is 0 Å². The van der Waals surface area contributed by atoms with Gasteiger partial charge in [0.1, 0.15) is 5.03 Å². The fourth-order valence-corrected chi connectivity index (χ4v) is 4.61. The Morgan fingerprint density at radius 1 is 1.07 bits per heavy atom. The van der Waals surface area contributed by atoms with Crippen LogP contribution in [0.1, 0.15) is 50.8 Å². The monoisotopic (exact) mass is 431 g/mol. The van der Waals surface area contributed by atoms with Crippen LogP contribution in [0.25, 0.3) is 0 Å². The van der Waals surface area contributed by atoms with E-state index >= 15 is 0 Å². The van der Waals surface area contributed by atoms with Crippen molar-refractivity contribution in [1.82, 2.24) is 10.3 Å². The normalized spacial score (nSPS) is 11.3. The maximum Gasteiger partial charge on any atom is 0.319 e. The first-order valence-corrected chi connectivity index (χ1v) is 12.5. The van der Waals surface area contributed by atoms with E-state index in [-0.39, 0.29) is 11.4 Å². The molecule has 0 aliphatic carbocycles. The molecule has 0 fully saturated rings. The molecule has 1 aromatic heterocycles. The number of amides is 2. The molecule has 0 radical (unpaired) electrons. The number of benzene rings is 1. The number of aryl methyl sites for hydroxylation is 1. The summed E-state index contributed by atoms with van der Waals surface area (Å²) in [6.45, 7) is 7.26. The van der Waals surface area contributed by atoms with E-state index in [1.165, 1.54) is 5.56 Å². The van der Waals surface area contributed by atoms with Gasteiger partial charge in [-0.05, 0) is 49.3 Å². The number of hydrogen-bond donors (Lipinski definition) is 2. The number of aromatic nitrogens is 1. The summed E-state index contributed by atoms with van der Waals surface area (Å²) in [4.78, 5) is 17.9. The maximum atomic E-state index is 12.3. The van der Waals surface area contributed by atoms with Crippen molar-refractivity contribution >= 4 is 35.2 Å². The largest absolute Gasteiger partial charge is 0.338 e.